The Bertz CT molecular complexity index is 668. The summed E-state index contributed by atoms with van der Waals surface area (Å²) in [5, 5.41) is 22.0. The standard InChI is InChI=1S/C14H19N5O2/c1-3-6-18(8-13(20)21)12-5-4-11-15-16-14(19(11)17-12)10-7-9(10)2/h4-5,9-10H,3,6-8H2,1-2H3,(H,20,21). The number of hydrogen-bond donors (Lipinski definition) is 1. The van der Waals surface area contributed by atoms with Crippen LogP contribution in [0.3, 0.4) is 0 Å². The molecular weight excluding hydrogens is 270 g/mol. The van der Waals surface area contributed by atoms with Crippen molar-refractivity contribution >= 4 is 17.4 Å². The van der Waals surface area contributed by atoms with E-state index in [0.29, 0.717) is 29.8 Å². The van der Waals surface area contributed by atoms with Crippen molar-refractivity contribution in [2.24, 2.45) is 5.92 Å². The molecule has 0 bridgehead atoms. The van der Waals surface area contributed by atoms with E-state index in [9.17, 15) is 4.79 Å². The Morgan fingerprint density at radius 2 is 2.24 bits per heavy atom. The molecule has 2 aromatic rings. The second kappa shape index (κ2) is 5.31. The first-order valence-corrected chi connectivity index (χ1v) is 7.29. The van der Waals surface area contributed by atoms with Crippen LogP contribution in [0, 0.1) is 5.92 Å². The molecule has 1 saturated carbocycles. The van der Waals surface area contributed by atoms with Crippen molar-refractivity contribution in [3.63, 3.8) is 0 Å². The molecule has 7 nitrogen and oxygen atoms in total. The van der Waals surface area contributed by atoms with E-state index in [1.807, 2.05) is 19.1 Å². The van der Waals surface area contributed by atoms with Crippen LogP contribution in [0.15, 0.2) is 12.1 Å². The topological polar surface area (TPSA) is 83.6 Å². The maximum Gasteiger partial charge on any atom is 0.323 e. The second-order valence-corrected chi connectivity index (χ2v) is 5.65. The number of hydrogen-bond acceptors (Lipinski definition) is 5. The first-order valence-electron chi connectivity index (χ1n) is 7.29. The van der Waals surface area contributed by atoms with Crippen LogP contribution in [0.4, 0.5) is 5.82 Å². The lowest BCUT2D eigenvalue weighted by Crippen LogP contribution is -2.31. The van der Waals surface area contributed by atoms with Gasteiger partial charge in [-0.25, -0.2) is 0 Å². The molecule has 0 amide bonds. The van der Waals surface area contributed by atoms with Gasteiger partial charge in [-0.05, 0) is 30.9 Å². The molecule has 2 heterocycles. The van der Waals surface area contributed by atoms with Crippen LogP contribution in [0.1, 0.15) is 38.4 Å². The van der Waals surface area contributed by atoms with Gasteiger partial charge >= 0.3 is 5.97 Å². The molecular formula is C14H19N5O2. The Balaban J connectivity index is 1.96. The first kappa shape index (κ1) is 13.8. The summed E-state index contributed by atoms with van der Waals surface area (Å²) in [6.45, 7) is 4.80. The van der Waals surface area contributed by atoms with Gasteiger partial charge in [-0.1, -0.05) is 13.8 Å². The minimum atomic E-state index is -0.856. The van der Waals surface area contributed by atoms with E-state index in [1.165, 1.54) is 0 Å². The van der Waals surface area contributed by atoms with E-state index >= 15 is 0 Å². The molecule has 2 atom stereocenters. The van der Waals surface area contributed by atoms with Crippen molar-refractivity contribution in [3.8, 4) is 0 Å². The number of aliphatic carboxylic acids is 1. The largest absolute Gasteiger partial charge is 0.480 e. The van der Waals surface area contributed by atoms with Gasteiger partial charge in [0.05, 0.1) is 0 Å². The molecule has 0 aliphatic heterocycles. The highest BCUT2D eigenvalue weighted by molar-refractivity contribution is 5.73. The van der Waals surface area contributed by atoms with E-state index in [1.54, 1.807) is 9.42 Å². The lowest BCUT2D eigenvalue weighted by molar-refractivity contribution is -0.135. The van der Waals surface area contributed by atoms with Crippen molar-refractivity contribution in [1.82, 2.24) is 19.8 Å². The summed E-state index contributed by atoms with van der Waals surface area (Å²) in [6.07, 6.45) is 1.97. The zero-order chi connectivity index (χ0) is 15.0. The van der Waals surface area contributed by atoms with Gasteiger partial charge in [-0.2, -0.15) is 4.52 Å². The number of carbonyl (C=O) groups is 1. The molecule has 1 aliphatic carbocycles. The highest BCUT2D eigenvalue weighted by Gasteiger charge is 2.38. The van der Waals surface area contributed by atoms with Gasteiger partial charge in [0.25, 0.3) is 0 Å². The van der Waals surface area contributed by atoms with Crippen LogP contribution >= 0.6 is 0 Å². The Morgan fingerprint density at radius 3 is 2.86 bits per heavy atom. The molecule has 21 heavy (non-hydrogen) atoms. The van der Waals surface area contributed by atoms with Gasteiger partial charge in [-0.15, -0.1) is 15.3 Å². The van der Waals surface area contributed by atoms with Crippen molar-refractivity contribution in [2.45, 2.75) is 32.6 Å². The quantitative estimate of drug-likeness (QED) is 0.868. The lowest BCUT2D eigenvalue weighted by Gasteiger charge is -2.20. The highest BCUT2D eigenvalue weighted by atomic mass is 16.4. The molecule has 112 valence electrons. The Hall–Kier alpha value is -2.18. The van der Waals surface area contributed by atoms with Crippen molar-refractivity contribution < 1.29 is 9.90 Å². The third-order valence-corrected chi connectivity index (χ3v) is 3.86. The monoisotopic (exact) mass is 289 g/mol. The van der Waals surface area contributed by atoms with Crippen LogP contribution in [0.2, 0.25) is 0 Å². The molecule has 3 rings (SSSR count). The Morgan fingerprint density at radius 1 is 1.48 bits per heavy atom. The predicted molar refractivity (Wildman–Crippen MR) is 77.4 cm³/mol. The van der Waals surface area contributed by atoms with E-state index in [2.05, 4.69) is 22.2 Å². The maximum absolute atomic E-state index is 11.0. The van der Waals surface area contributed by atoms with Crippen molar-refractivity contribution in [2.75, 3.05) is 18.0 Å². The summed E-state index contributed by atoms with van der Waals surface area (Å²) < 4.78 is 1.76. The zero-order valence-corrected chi connectivity index (χ0v) is 12.2. The number of fused-ring (bicyclic) bond motifs is 1. The van der Waals surface area contributed by atoms with Gasteiger partial charge in [0.1, 0.15) is 12.4 Å². The molecule has 2 unspecified atom stereocenters. The fourth-order valence-corrected chi connectivity index (χ4v) is 2.59. The van der Waals surface area contributed by atoms with Gasteiger partial charge in [0.15, 0.2) is 11.5 Å². The molecule has 1 fully saturated rings. The van der Waals surface area contributed by atoms with E-state index in [-0.39, 0.29) is 6.54 Å². The van der Waals surface area contributed by atoms with Crippen molar-refractivity contribution in [3.05, 3.63) is 18.0 Å². The first-order chi connectivity index (χ1) is 10.1. The Kier molecular flexibility index (Phi) is 3.48. The molecule has 0 aromatic carbocycles. The molecule has 0 saturated heterocycles. The van der Waals surface area contributed by atoms with E-state index < -0.39 is 5.97 Å². The number of aromatic nitrogens is 4. The van der Waals surface area contributed by atoms with Crippen molar-refractivity contribution in [1.29, 1.82) is 0 Å². The predicted octanol–water partition coefficient (Wildman–Crippen LogP) is 1.55. The summed E-state index contributed by atoms with van der Waals surface area (Å²) in [6, 6.07) is 3.65. The average Bonchev–Trinajstić information content (AvgIpc) is 3.01. The van der Waals surface area contributed by atoms with Gasteiger partial charge < -0.3 is 10.0 Å². The average molecular weight is 289 g/mol. The summed E-state index contributed by atoms with van der Waals surface area (Å²) in [5.41, 5.74) is 0.708. The number of carboxylic acids is 1. The molecule has 2 aromatic heterocycles. The molecule has 0 spiro atoms. The molecule has 1 aliphatic rings. The maximum atomic E-state index is 11.0. The smallest absolute Gasteiger partial charge is 0.323 e. The molecule has 7 heteroatoms. The van der Waals surface area contributed by atoms with E-state index in [4.69, 9.17) is 5.11 Å². The normalized spacial score (nSPS) is 20.7. The number of nitrogens with zero attached hydrogens (tertiary/aromatic N) is 5. The molecule has 1 N–H and O–H groups in total. The van der Waals surface area contributed by atoms with E-state index in [0.717, 1.165) is 18.7 Å². The fraction of sp³-hybridized carbons (Fsp3) is 0.571. The van der Waals surface area contributed by atoms with Crippen LogP contribution in [-0.4, -0.2) is 44.0 Å². The van der Waals surface area contributed by atoms with Crippen LogP contribution in [0.5, 0.6) is 0 Å². The zero-order valence-electron chi connectivity index (χ0n) is 12.2. The third kappa shape index (κ3) is 2.68. The SMILES string of the molecule is CCCN(CC(=O)O)c1ccc2nnc(C3CC3C)n2n1. The number of anilines is 1. The number of rotatable bonds is 6. The molecule has 0 radical (unpaired) electrons. The van der Waals surface area contributed by atoms with Crippen LogP contribution in [-0.2, 0) is 4.79 Å². The summed E-state index contributed by atoms with van der Waals surface area (Å²) in [5.74, 6) is 1.72. The minimum Gasteiger partial charge on any atom is -0.480 e. The van der Waals surface area contributed by atoms with Gasteiger partial charge in [0, 0.05) is 12.5 Å². The highest BCUT2D eigenvalue weighted by Crippen LogP contribution is 2.45. The van der Waals surface area contributed by atoms with Crippen LogP contribution in [0.25, 0.3) is 5.65 Å². The van der Waals surface area contributed by atoms with Crippen LogP contribution < -0.4 is 4.90 Å². The second-order valence-electron chi connectivity index (χ2n) is 5.65. The van der Waals surface area contributed by atoms with Gasteiger partial charge in [-0.3, -0.25) is 4.79 Å². The summed E-state index contributed by atoms with van der Waals surface area (Å²) in [7, 11) is 0. The lowest BCUT2D eigenvalue weighted by atomic mass is 10.3. The summed E-state index contributed by atoms with van der Waals surface area (Å²) >= 11 is 0. The van der Waals surface area contributed by atoms with Gasteiger partial charge in [0.2, 0.25) is 0 Å². The fourth-order valence-electron chi connectivity index (χ4n) is 2.59. The third-order valence-electron chi connectivity index (χ3n) is 3.86. The Labute approximate surface area is 122 Å². The number of carboxylic acid groups (broad SMARTS) is 1. The summed E-state index contributed by atoms with van der Waals surface area (Å²) in [4.78, 5) is 12.8. The minimum absolute atomic E-state index is 0.0519.